The molecule has 1 rings (SSSR count). The SMILES string of the molecule is CC(=O)Nc1ccncc1. The van der Waals surface area contributed by atoms with E-state index in [4.69, 9.17) is 0 Å². The van der Waals surface area contributed by atoms with Crippen LogP contribution in [0.2, 0.25) is 0 Å². The molecule has 1 aromatic heterocycles. The molecule has 0 radical (unpaired) electrons. The molecule has 0 atom stereocenters. The van der Waals surface area contributed by atoms with Crippen LogP contribution in [-0.4, -0.2) is 10.9 Å². The number of hydrogen-bond acceptors (Lipinski definition) is 2. The van der Waals surface area contributed by atoms with Gasteiger partial charge in [-0.2, -0.15) is 0 Å². The van der Waals surface area contributed by atoms with Crippen molar-refractivity contribution in [2.24, 2.45) is 0 Å². The third kappa shape index (κ3) is 1.85. The summed E-state index contributed by atoms with van der Waals surface area (Å²) in [5.41, 5.74) is 0.780. The van der Waals surface area contributed by atoms with Gasteiger partial charge in [0.1, 0.15) is 0 Å². The Labute approximate surface area is 59.1 Å². The first-order valence-corrected chi connectivity index (χ1v) is 2.96. The van der Waals surface area contributed by atoms with Crippen molar-refractivity contribution in [3.8, 4) is 0 Å². The van der Waals surface area contributed by atoms with E-state index < -0.39 is 0 Å². The molecule has 0 spiro atoms. The Morgan fingerprint density at radius 3 is 2.60 bits per heavy atom. The fourth-order valence-electron chi connectivity index (χ4n) is 0.639. The molecule has 0 aromatic carbocycles. The second-order valence-electron chi connectivity index (χ2n) is 1.92. The number of nitrogens with one attached hydrogen (secondary N) is 1. The summed E-state index contributed by atoms with van der Waals surface area (Å²) < 4.78 is 0. The normalized spacial score (nSPS) is 8.90. The molecule has 0 aliphatic rings. The van der Waals surface area contributed by atoms with E-state index >= 15 is 0 Å². The second-order valence-corrected chi connectivity index (χ2v) is 1.92. The minimum atomic E-state index is -0.0637. The van der Waals surface area contributed by atoms with Crippen molar-refractivity contribution in [2.45, 2.75) is 6.92 Å². The van der Waals surface area contributed by atoms with Gasteiger partial charge < -0.3 is 5.32 Å². The van der Waals surface area contributed by atoms with Crippen molar-refractivity contribution >= 4 is 11.6 Å². The zero-order valence-electron chi connectivity index (χ0n) is 5.66. The molecular weight excluding hydrogens is 128 g/mol. The van der Waals surface area contributed by atoms with E-state index in [1.807, 2.05) is 0 Å². The molecule has 3 nitrogen and oxygen atoms in total. The predicted octanol–water partition coefficient (Wildman–Crippen LogP) is 1.04. The molecule has 1 aromatic rings. The lowest BCUT2D eigenvalue weighted by molar-refractivity contribution is -0.114. The van der Waals surface area contributed by atoms with Crippen LogP contribution in [0.5, 0.6) is 0 Å². The molecule has 10 heavy (non-hydrogen) atoms. The number of pyridine rings is 1. The highest BCUT2D eigenvalue weighted by molar-refractivity contribution is 5.88. The number of hydrogen-bond donors (Lipinski definition) is 1. The van der Waals surface area contributed by atoms with Gasteiger partial charge in [0, 0.05) is 25.0 Å². The number of amides is 1. The molecule has 1 heterocycles. The molecule has 1 amide bonds. The summed E-state index contributed by atoms with van der Waals surface area (Å²) in [5, 5.41) is 2.63. The number of rotatable bonds is 1. The Bertz CT molecular complexity index is 220. The average molecular weight is 136 g/mol. The fourth-order valence-corrected chi connectivity index (χ4v) is 0.639. The largest absolute Gasteiger partial charge is 0.326 e. The molecule has 0 aliphatic heterocycles. The van der Waals surface area contributed by atoms with Gasteiger partial charge in [0.2, 0.25) is 5.91 Å². The minimum absolute atomic E-state index is 0.0637. The molecule has 0 fully saturated rings. The first kappa shape index (κ1) is 6.74. The third-order valence-corrected chi connectivity index (χ3v) is 1.00. The molecule has 0 aliphatic carbocycles. The number of aromatic nitrogens is 1. The van der Waals surface area contributed by atoms with Crippen LogP contribution in [0.1, 0.15) is 6.92 Å². The van der Waals surface area contributed by atoms with Crippen LogP contribution < -0.4 is 5.32 Å². The highest BCUT2D eigenvalue weighted by atomic mass is 16.1. The molecule has 52 valence electrons. The smallest absolute Gasteiger partial charge is 0.221 e. The third-order valence-electron chi connectivity index (χ3n) is 1.00. The topological polar surface area (TPSA) is 42.0 Å². The van der Waals surface area contributed by atoms with E-state index in [1.54, 1.807) is 24.5 Å². The van der Waals surface area contributed by atoms with Gasteiger partial charge in [0.05, 0.1) is 0 Å². The summed E-state index contributed by atoms with van der Waals surface area (Å²) in [4.78, 5) is 14.3. The Morgan fingerprint density at radius 2 is 2.10 bits per heavy atom. The van der Waals surface area contributed by atoms with E-state index in [2.05, 4.69) is 10.3 Å². The van der Waals surface area contributed by atoms with Crippen molar-refractivity contribution in [3.63, 3.8) is 0 Å². The molecular formula is C7H8N2O. The summed E-state index contributed by atoms with van der Waals surface area (Å²) in [7, 11) is 0. The van der Waals surface area contributed by atoms with Gasteiger partial charge in [-0.3, -0.25) is 9.78 Å². The zero-order valence-corrected chi connectivity index (χ0v) is 5.66. The van der Waals surface area contributed by atoms with Crippen LogP contribution in [0, 0.1) is 0 Å². The van der Waals surface area contributed by atoms with E-state index in [0.29, 0.717) is 0 Å². The fraction of sp³-hybridized carbons (Fsp3) is 0.143. The zero-order chi connectivity index (χ0) is 7.40. The Kier molecular flexibility index (Phi) is 1.99. The monoisotopic (exact) mass is 136 g/mol. The maximum absolute atomic E-state index is 10.5. The van der Waals surface area contributed by atoms with E-state index in [9.17, 15) is 4.79 Å². The molecule has 0 unspecified atom stereocenters. The summed E-state index contributed by atoms with van der Waals surface area (Å²) in [5.74, 6) is -0.0637. The Balaban J connectivity index is 2.67. The highest BCUT2D eigenvalue weighted by Crippen LogP contribution is 2.01. The first-order valence-electron chi connectivity index (χ1n) is 2.96. The van der Waals surface area contributed by atoms with Crippen molar-refractivity contribution in [3.05, 3.63) is 24.5 Å². The lowest BCUT2D eigenvalue weighted by atomic mass is 10.4. The number of anilines is 1. The van der Waals surface area contributed by atoms with Gasteiger partial charge in [0.25, 0.3) is 0 Å². The molecule has 1 N–H and O–H groups in total. The van der Waals surface area contributed by atoms with Crippen LogP contribution in [0.4, 0.5) is 5.69 Å². The lowest BCUT2D eigenvalue weighted by Gasteiger charge is -1.97. The quantitative estimate of drug-likeness (QED) is 0.626. The van der Waals surface area contributed by atoms with Crippen LogP contribution in [0.3, 0.4) is 0 Å². The number of nitrogens with zero attached hydrogens (tertiary/aromatic N) is 1. The van der Waals surface area contributed by atoms with E-state index in [0.717, 1.165) is 5.69 Å². The van der Waals surface area contributed by atoms with E-state index in [1.165, 1.54) is 6.92 Å². The summed E-state index contributed by atoms with van der Waals surface area (Å²) >= 11 is 0. The van der Waals surface area contributed by atoms with Gasteiger partial charge in [-0.25, -0.2) is 0 Å². The van der Waals surface area contributed by atoms with Gasteiger partial charge in [-0.15, -0.1) is 0 Å². The summed E-state index contributed by atoms with van der Waals surface area (Å²) in [6.45, 7) is 1.47. The van der Waals surface area contributed by atoms with Crippen molar-refractivity contribution in [1.82, 2.24) is 4.98 Å². The van der Waals surface area contributed by atoms with Gasteiger partial charge in [0.15, 0.2) is 0 Å². The van der Waals surface area contributed by atoms with E-state index in [-0.39, 0.29) is 5.91 Å². The Morgan fingerprint density at radius 1 is 1.50 bits per heavy atom. The molecule has 3 heteroatoms. The molecule has 0 saturated carbocycles. The van der Waals surface area contributed by atoms with Gasteiger partial charge in [-0.1, -0.05) is 0 Å². The summed E-state index contributed by atoms with van der Waals surface area (Å²) in [6.07, 6.45) is 3.26. The maximum Gasteiger partial charge on any atom is 0.221 e. The van der Waals surface area contributed by atoms with Gasteiger partial charge in [-0.05, 0) is 12.1 Å². The second kappa shape index (κ2) is 2.96. The highest BCUT2D eigenvalue weighted by Gasteiger charge is 1.90. The standard InChI is InChI=1S/C7H8N2O/c1-6(10)9-7-2-4-8-5-3-7/h2-5H,1H3,(H,8,9,10). The number of carbonyl (C=O) groups is 1. The maximum atomic E-state index is 10.5. The van der Waals surface area contributed by atoms with Crippen LogP contribution in [0.15, 0.2) is 24.5 Å². The van der Waals surface area contributed by atoms with Crippen molar-refractivity contribution in [2.75, 3.05) is 5.32 Å². The first-order chi connectivity index (χ1) is 4.79. The van der Waals surface area contributed by atoms with Crippen LogP contribution in [0.25, 0.3) is 0 Å². The van der Waals surface area contributed by atoms with Crippen LogP contribution in [-0.2, 0) is 4.79 Å². The predicted molar refractivity (Wildman–Crippen MR) is 38.5 cm³/mol. The Hall–Kier alpha value is -1.38. The molecule has 0 bridgehead atoms. The lowest BCUT2D eigenvalue weighted by Crippen LogP contribution is -2.05. The summed E-state index contributed by atoms with van der Waals surface area (Å²) in [6, 6.07) is 3.47. The molecule has 0 saturated heterocycles. The minimum Gasteiger partial charge on any atom is -0.326 e. The van der Waals surface area contributed by atoms with Gasteiger partial charge >= 0.3 is 0 Å². The number of carbonyl (C=O) groups excluding carboxylic acids is 1. The average Bonchev–Trinajstić information content (AvgIpc) is 1.88. The van der Waals surface area contributed by atoms with Crippen molar-refractivity contribution in [1.29, 1.82) is 0 Å². The van der Waals surface area contributed by atoms with Crippen LogP contribution >= 0.6 is 0 Å². The van der Waals surface area contributed by atoms with Crippen molar-refractivity contribution < 1.29 is 4.79 Å².